The molecule has 1 atom stereocenters. The first-order valence-corrected chi connectivity index (χ1v) is 10.9. The summed E-state index contributed by atoms with van der Waals surface area (Å²) in [5.41, 5.74) is -1.34. The highest BCUT2D eigenvalue weighted by molar-refractivity contribution is 5.97. The maximum absolute atomic E-state index is 15.1. The second kappa shape index (κ2) is 8.81. The molecule has 4 rings (SSSR count). The molecule has 1 amide bonds. The van der Waals surface area contributed by atoms with Crippen LogP contribution in [0.1, 0.15) is 42.9 Å². The van der Waals surface area contributed by atoms with Crippen LogP contribution >= 0.6 is 0 Å². The van der Waals surface area contributed by atoms with Crippen LogP contribution in [0.25, 0.3) is 5.69 Å². The minimum Gasteiger partial charge on any atom is -0.480 e. The molecule has 0 bridgehead atoms. The Morgan fingerprint density at radius 1 is 1.30 bits per heavy atom. The molecule has 0 aliphatic carbocycles. The first-order valence-electron chi connectivity index (χ1n) is 10.9. The molecule has 1 N–H and O–H groups in total. The van der Waals surface area contributed by atoms with Gasteiger partial charge in [-0.2, -0.15) is 17.9 Å². The van der Waals surface area contributed by atoms with E-state index in [1.807, 2.05) is 6.92 Å². The van der Waals surface area contributed by atoms with Crippen LogP contribution in [0.3, 0.4) is 0 Å². The number of hydrogen-bond donors (Lipinski definition) is 1. The van der Waals surface area contributed by atoms with E-state index >= 15 is 4.39 Å². The maximum Gasteiger partial charge on any atom is 0.425 e. The van der Waals surface area contributed by atoms with E-state index in [0.29, 0.717) is 31.9 Å². The lowest BCUT2D eigenvalue weighted by atomic mass is 10.1. The fourth-order valence-corrected chi connectivity index (χ4v) is 3.98. The lowest BCUT2D eigenvalue weighted by Gasteiger charge is -2.38. The first kappa shape index (κ1) is 23.3. The second-order valence-corrected chi connectivity index (χ2v) is 8.34. The standard InChI is InChI=1S/C21H25F4N5O3/c1-3-28-10-13(11-28)26-19(31)14-8-15(22)16(9-17(14)33-12(2)21(23,24)25)30-20(32)29-7-5-4-6-18(29)27-30/h8-9,12-13H,3-7,10-11H2,1-2H3,(H,26,31)/t12-/m0/s1. The third-order valence-corrected chi connectivity index (χ3v) is 6.00. The Balaban J connectivity index is 1.71. The Kier molecular flexibility index (Phi) is 6.21. The Labute approximate surface area is 187 Å². The van der Waals surface area contributed by atoms with Crippen molar-refractivity contribution < 1.29 is 27.1 Å². The number of likely N-dealkylation sites (N-methyl/N-ethyl adjacent to an activating group) is 1. The number of likely N-dealkylation sites (tertiary alicyclic amines) is 1. The third-order valence-electron chi connectivity index (χ3n) is 6.00. The van der Waals surface area contributed by atoms with Crippen LogP contribution in [0.4, 0.5) is 17.6 Å². The zero-order valence-electron chi connectivity index (χ0n) is 18.3. The minimum absolute atomic E-state index is 0.199. The van der Waals surface area contributed by atoms with Gasteiger partial charge < -0.3 is 10.1 Å². The molecule has 8 nitrogen and oxygen atoms in total. The van der Waals surface area contributed by atoms with E-state index in [0.717, 1.165) is 43.1 Å². The van der Waals surface area contributed by atoms with Gasteiger partial charge in [-0.15, -0.1) is 5.10 Å². The summed E-state index contributed by atoms with van der Waals surface area (Å²) in [6, 6.07) is 1.53. The van der Waals surface area contributed by atoms with Gasteiger partial charge in [-0.3, -0.25) is 14.3 Å². The highest BCUT2D eigenvalue weighted by Crippen LogP contribution is 2.31. The Morgan fingerprint density at radius 3 is 2.67 bits per heavy atom. The molecule has 0 spiro atoms. The van der Waals surface area contributed by atoms with E-state index in [2.05, 4.69) is 15.3 Å². The summed E-state index contributed by atoms with van der Waals surface area (Å²) in [5, 5.41) is 6.85. The molecule has 2 aromatic rings. The maximum atomic E-state index is 15.1. The lowest BCUT2D eigenvalue weighted by Crippen LogP contribution is -2.59. The molecule has 2 aliphatic rings. The van der Waals surface area contributed by atoms with Crippen molar-refractivity contribution in [3.63, 3.8) is 0 Å². The summed E-state index contributed by atoms with van der Waals surface area (Å²) in [7, 11) is 0. The SMILES string of the molecule is CCN1CC(NC(=O)c2cc(F)c(-n3nc4n(c3=O)CCCC4)cc2O[C@@H](C)C(F)(F)F)C1. The van der Waals surface area contributed by atoms with E-state index in [-0.39, 0.29) is 17.3 Å². The summed E-state index contributed by atoms with van der Waals surface area (Å²) in [4.78, 5) is 27.6. The van der Waals surface area contributed by atoms with Crippen LogP contribution in [-0.2, 0) is 13.0 Å². The quantitative estimate of drug-likeness (QED) is 0.654. The summed E-state index contributed by atoms with van der Waals surface area (Å²) in [5.74, 6) is -1.71. The highest BCUT2D eigenvalue weighted by atomic mass is 19.4. The van der Waals surface area contributed by atoms with Crippen LogP contribution in [0, 0.1) is 5.82 Å². The Bertz CT molecular complexity index is 1100. The Hall–Kier alpha value is -2.89. The molecule has 1 aromatic heterocycles. The van der Waals surface area contributed by atoms with Crippen LogP contribution in [0.15, 0.2) is 16.9 Å². The number of aromatic nitrogens is 3. The smallest absolute Gasteiger partial charge is 0.425 e. The molecule has 180 valence electrons. The predicted molar refractivity (Wildman–Crippen MR) is 110 cm³/mol. The fraction of sp³-hybridized carbons (Fsp3) is 0.571. The molecule has 3 heterocycles. The molecular formula is C21H25F4N5O3. The van der Waals surface area contributed by atoms with Gasteiger partial charge in [0.25, 0.3) is 5.91 Å². The number of benzene rings is 1. The van der Waals surface area contributed by atoms with Gasteiger partial charge in [0.2, 0.25) is 0 Å². The van der Waals surface area contributed by atoms with E-state index in [1.165, 1.54) is 4.57 Å². The van der Waals surface area contributed by atoms with Crippen LogP contribution in [0.2, 0.25) is 0 Å². The Morgan fingerprint density at radius 2 is 2.03 bits per heavy atom. The number of alkyl halides is 3. The number of ether oxygens (including phenoxy) is 1. The number of nitrogens with zero attached hydrogens (tertiary/aromatic N) is 4. The number of amides is 1. The van der Waals surface area contributed by atoms with Gasteiger partial charge in [-0.25, -0.2) is 9.18 Å². The van der Waals surface area contributed by atoms with E-state index in [4.69, 9.17) is 4.74 Å². The van der Waals surface area contributed by atoms with Crippen molar-refractivity contribution in [3.05, 3.63) is 39.8 Å². The number of carbonyl (C=O) groups is 1. The number of carbonyl (C=O) groups excluding carboxylic acids is 1. The molecule has 0 saturated carbocycles. The van der Waals surface area contributed by atoms with Crippen LogP contribution in [0.5, 0.6) is 5.75 Å². The van der Waals surface area contributed by atoms with Gasteiger partial charge in [0.1, 0.15) is 23.1 Å². The number of nitrogens with one attached hydrogen (secondary N) is 1. The number of aryl methyl sites for hydroxylation is 1. The second-order valence-electron chi connectivity index (χ2n) is 8.34. The summed E-state index contributed by atoms with van der Waals surface area (Å²) in [6.45, 7) is 5.17. The largest absolute Gasteiger partial charge is 0.480 e. The van der Waals surface area contributed by atoms with Crippen LogP contribution < -0.4 is 15.7 Å². The summed E-state index contributed by atoms with van der Waals surface area (Å²) >= 11 is 0. The van der Waals surface area contributed by atoms with Gasteiger partial charge in [-0.1, -0.05) is 6.92 Å². The van der Waals surface area contributed by atoms with Crippen molar-refractivity contribution in [2.24, 2.45) is 0 Å². The molecule has 0 unspecified atom stereocenters. The van der Waals surface area contributed by atoms with E-state index < -0.39 is 35.4 Å². The molecule has 1 saturated heterocycles. The first-order chi connectivity index (χ1) is 15.6. The molecule has 2 aliphatic heterocycles. The zero-order chi connectivity index (χ0) is 23.9. The van der Waals surface area contributed by atoms with Crippen LogP contribution in [-0.4, -0.2) is 63.1 Å². The van der Waals surface area contributed by atoms with Crippen molar-refractivity contribution in [3.8, 4) is 11.4 Å². The fourth-order valence-electron chi connectivity index (χ4n) is 3.98. The van der Waals surface area contributed by atoms with Crippen molar-refractivity contribution in [1.82, 2.24) is 24.6 Å². The minimum atomic E-state index is -4.71. The average molecular weight is 471 g/mol. The summed E-state index contributed by atoms with van der Waals surface area (Å²) in [6.07, 6.45) is -4.83. The van der Waals surface area contributed by atoms with Crippen molar-refractivity contribution in [1.29, 1.82) is 0 Å². The zero-order valence-corrected chi connectivity index (χ0v) is 18.3. The number of hydrogen-bond acceptors (Lipinski definition) is 5. The molecular weight excluding hydrogens is 446 g/mol. The highest BCUT2D eigenvalue weighted by Gasteiger charge is 2.39. The van der Waals surface area contributed by atoms with Gasteiger partial charge in [0, 0.05) is 32.1 Å². The average Bonchev–Trinajstić information content (AvgIpc) is 3.07. The van der Waals surface area contributed by atoms with Crippen molar-refractivity contribution in [2.75, 3.05) is 19.6 Å². The van der Waals surface area contributed by atoms with Gasteiger partial charge in [0.05, 0.1) is 11.6 Å². The number of fused-ring (bicyclic) bond motifs is 1. The molecule has 1 fully saturated rings. The van der Waals surface area contributed by atoms with E-state index in [9.17, 15) is 22.8 Å². The predicted octanol–water partition coefficient (Wildman–Crippen LogP) is 2.27. The van der Waals surface area contributed by atoms with Crippen molar-refractivity contribution >= 4 is 5.91 Å². The number of rotatable bonds is 6. The van der Waals surface area contributed by atoms with Crippen molar-refractivity contribution in [2.45, 2.75) is 58.0 Å². The topological polar surface area (TPSA) is 81.4 Å². The van der Waals surface area contributed by atoms with Gasteiger partial charge in [-0.05, 0) is 32.4 Å². The summed E-state index contributed by atoms with van der Waals surface area (Å²) < 4.78 is 61.9. The lowest BCUT2D eigenvalue weighted by molar-refractivity contribution is -0.189. The van der Waals surface area contributed by atoms with Gasteiger partial charge in [0.15, 0.2) is 6.10 Å². The van der Waals surface area contributed by atoms with Gasteiger partial charge >= 0.3 is 11.9 Å². The molecule has 0 radical (unpaired) electrons. The normalized spacial score (nSPS) is 17.9. The monoisotopic (exact) mass is 471 g/mol. The molecule has 1 aromatic carbocycles. The molecule has 12 heteroatoms. The van der Waals surface area contributed by atoms with E-state index in [1.54, 1.807) is 0 Å². The number of halogens is 4. The third kappa shape index (κ3) is 4.61. The molecule has 33 heavy (non-hydrogen) atoms.